The van der Waals surface area contributed by atoms with E-state index in [0.29, 0.717) is 11.5 Å². The second kappa shape index (κ2) is 8.97. The third-order valence-electron chi connectivity index (χ3n) is 8.51. The van der Waals surface area contributed by atoms with Gasteiger partial charge in [0.2, 0.25) is 0 Å². The summed E-state index contributed by atoms with van der Waals surface area (Å²) < 4.78 is 2.32. The Kier molecular flexibility index (Phi) is 5.11. The van der Waals surface area contributed by atoms with Gasteiger partial charge in [-0.25, -0.2) is 0 Å². The van der Waals surface area contributed by atoms with Gasteiger partial charge in [-0.1, -0.05) is 85.0 Å². The highest BCUT2D eigenvalue weighted by molar-refractivity contribution is 6.14. The number of aliphatic imine (C=N–C) groups is 1. The minimum absolute atomic E-state index is 0.0203. The van der Waals surface area contributed by atoms with Crippen molar-refractivity contribution < 1.29 is 0 Å². The van der Waals surface area contributed by atoms with Gasteiger partial charge in [-0.05, 0) is 47.5 Å². The molecule has 190 valence electrons. The molecule has 4 aromatic carbocycles. The number of hydrogen-bond acceptors (Lipinski definition) is 3. The van der Waals surface area contributed by atoms with Gasteiger partial charge in [0.25, 0.3) is 0 Å². The van der Waals surface area contributed by atoms with Crippen LogP contribution in [-0.4, -0.2) is 23.0 Å². The highest BCUT2D eigenvalue weighted by Gasteiger charge is 2.39. The van der Waals surface area contributed by atoms with Crippen molar-refractivity contribution in [3.8, 4) is 11.8 Å². The van der Waals surface area contributed by atoms with Crippen LogP contribution in [-0.2, 0) is 0 Å². The molecule has 3 heterocycles. The molecule has 1 aromatic heterocycles. The second-order valence-corrected chi connectivity index (χ2v) is 10.6. The summed E-state index contributed by atoms with van der Waals surface area (Å²) in [5.74, 6) is 0.357. The van der Waals surface area contributed by atoms with Crippen LogP contribution in [0.2, 0.25) is 0 Å². The number of fused-ring (bicyclic) bond motifs is 6. The van der Waals surface area contributed by atoms with Crippen molar-refractivity contribution in [2.75, 3.05) is 4.90 Å². The summed E-state index contributed by atoms with van der Waals surface area (Å²) in [5, 5.41) is 12.2. The van der Waals surface area contributed by atoms with Crippen molar-refractivity contribution in [2.24, 2.45) is 4.99 Å². The molecular weight excluding hydrogens is 488 g/mol. The molecule has 3 unspecified atom stereocenters. The molecule has 4 nitrogen and oxygen atoms in total. The molecule has 3 atom stereocenters. The highest BCUT2D eigenvalue weighted by atomic mass is 15.3. The molecule has 0 fully saturated rings. The summed E-state index contributed by atoms with van der Waals surface area (Å²) in [6.07, 6.45) is 14.0. The SMILES string of the molecule is N#Cc1ccc(-n2c3ccccc3c3ccccc32)c(C2=CCC(N3c4ccccc4C4C=CC=CC43)N=C2)c1. The fourth-order valence-electron chi connectivity index (χ4n) is 6.76. The van der Waals surface area contributed by atoms with E-state index in [9.17, 15) is 5.26 Å². The lowest BCUT2D eigenvalue weighted by atomic mass is 9.91. The third kappa shape index (κ3) is 3.34. The maximum Gasteiger partial charge on any atom is 0.125 e. The number of aromatic nitrogens is 1. The van der Waals surface area contributed by atoms with Crippen LogP contribution in [0.15, 0.2) is 126 Å². The van der Waals surface area contributed by atoms with Crippen LogP contribution in [0, 0.1) is 11.3 Å². The normalized spacial score (nSPS) is 20.9. The molecule has 40 heavy (non-hydrogen) atoms. The summed E-state index contributed by atoms with van der Waals surface area (Å²) in [5.41, 5.74) is 8.71. The topological polar surface area (TPSA) is 44.3 Å². The predicted molar refractivity (Wildman–Crippen MR) is 164 cm³/mol. The number of nitriles is 1. The Morgan fingerprint density at radius 1 is 0.775 bits per heavy atom. The molecule has 3 aliphatic rings. The van der Waals surface area contributed by atoms with Crippen molar-refractivity contribution >= 4 is 39.3 Å². The minimum Gasteiger partial charge on any atom is -0.342 e. The largest absolute Gasteiger partial charge is 0.342 e. The van der Waals surface area contributed by atoms with Crippen LogP contribution in [0.1, 0.15) is 29.0 Å². The fourth-order valence-corrected chi connectivity index (χ4v) is 6.76. The summed E-state index contributed by atoms with van der Waals surface area (Å²) in [6, 6.07) is 34.4. The Hall–Kier alpha value is -5.14. The zero-order chi connectivity index (χ0) is 26.6. The second-order valence-electron chi connectivity index (χ2n) is 10.6. The molecule has 4 heteroatoms. The van der Waals surface area contributed by atoms with Crippen molar-refractivity contribution in [3.05, 3.63) is 138 Å². The van der Waals surface area contributed by atoms with E-state index < -0.39 is 0 Å². The van der Waals surface area contributed by atoms with E-state index in [0.717, 1.165) is 34.3 Å². The summed E-state index contributed by atoms with van der Waals surface area (Å²) in [6.45, 7) is 0. The van der Waals surface area contributed by atoms with Crippen LogP contribution in [0.3, 0.4) is 0 Å². The quantitative estimate of drug-likeness (QED) is 0.245. The van der Waals surface area contributed by atoms with Gasteiger partial charge in [0.15, 0.2) is 0 Å². The monoisotopic (exact) mass is 514 g/mol. The van der Waals surface area contributed by atoms with Crippen LogP contribution < -0.4 is 4.90 Å². The lowest BCUT2D eigenvalue weighted by molar-refractivity contribution is 0.568. The number of rotatable bonds is 3. The van der Waals surface area contributed by atoms with Crippen LogP contribution in [0.5, 0.6) is 0 Å². The van der Waals surface area contributed by atoms with E-state index in [1.807, 2.05) is 18.3 Å². The molecule has 0 saturated carbocycles. The maximum atomic E-state index is 9.79. The number of nitrogens with zero attached hydrogens (tertiary/aromatic N) is 4. The van der Waals surface area contributed by atoms with Gasteiger partial charge in [0, 0.05) is 40.6 Å². The summed E-state index contributed by atoms with van der Waals surface area (Å²) in [7, 11) is 0. The zero-order valence-electron chi connectivity index (χ0n) is 21.9. The molecule has 5 aromatic rings. The first-order chi connectivity index (χ1) is 19.8. The van der Waals surface area contributed by atoms with Gasteiger partial charge in [0.1, 0.15) is 6.17 Å². The number of para-hydroxylation sites is 3. The van der Waals surface area contributed by atoms with Crippen molar-refractivity contribution in [1.29, 1.82) is 5.26 Å². The first-order valence-electron chi connectivity index (χ1n) is 13.8. The smallest absolute Gasteiger partial charge is 0.125 e. The zero-order valence-corrected chi connectivity index (χ0v) is 21.9. The Balaban J connectivity index is 1.23. The van der Waals surface area contributed by atoms with Gasteiger partial charge in [0.05, 0.1) is 34.4 Å². The average Bonchev–Trinajstić information content (AvgIpc) is 3.54. The minimum atomic E-state index is 0.0203. The molecule has 0 N–H and O–H groups in total. The third-order valence-corrected chi connectivity index (χ3v) is 8.51. The van der Waals surface area contributed by atoms with Crippen molar-refractivity contribution in [1.82, 2.24) is 4.57 Å². The molecule has 0 bridgehead atoms. The van der Waals surface area contributed by atoms with Crippen molar-refractivity contribution in [2.45, 2.75) is 24.5 Å². The standard InChI is InChI=1S/C36H26N4/c37-22-24-17-19-35(39-31-13-5-1-9-26(31)27-10-2-6-14-32(27)39)30(21-24)25-18-20-36(38-23-25)40-33-15-7-3-11-28(33)29-12-4-8-16-34(29)40/h1-19,21,23,28,33,36H,20H2. The molecular formula is C36H26N4. The van der Waals surface area contributed by atoms with Gasteiger partial charge in [-0.2, -0.15) is 5.26 Å². The number of benzene rings is 4. The van der Waals surface area contributed by atoms with E-state index >= 15 is 0 Å². The summed E-state index contributed by atoms with van der Waals surface area (Å²) in [4.78, 5) is 7.62. The average molecular weight is 515 g/mol. The molecule has 2 aliphatic heterocycles. The number of hydrogen-bond donors (Lipinski definition) is 0. The Morgan fingerprint density at radius 2 is 1.50 bits per heavy atom. The van der Waals surface area contributed by atoms with Crippen LogP contribution in [0.4, 0.5) is 5.69 Å². The molecule has 0 radical (unpaired) electrons. The summed E-state index contributed by atoms with van der Waals surface area (Å²) >= 11 is 0. The lowest BCUT2D eigenvalue weighted by Gasteiger charge is -2.34. The predicted octanol–water partition coefficient (Wildman–Crippen LogP) is 7.94. The van der Waals surface area contributed by atoms with E-state index in [-0.39, 0.29) is 12.2 Å². The Labute approximate surface area is 233 Å². The molecule has 0 saturated heterocycles. The molecule has 1 aliphatic carbocycles. The van der Waals surface area contributed by atoms with Crippen molar-refractivity contribution in [3.63, 3.8) is 0 Å². The van der Waals surface area contributed by atoms with E-state index in [2.05, 4.69) is 125 Å². The Morgan fingerprint density at radius 3 is 2.25 bits per heavy atom. The first-order valence-corrected chi connectivity index (χ1v) is 13.8. The molecule has 8 rings (SSSR count). The lowest BCUT2D eigenvalue weighted by Crippen LogP contribution is -2.41. The molecule has 0 amide bonds. The van der Waals surface area contributed by atoms with Gasteiger partial charge in [-0.15, -0.1) is 0 Å². The maximum absolute atomic E-state index is 9.79. The Bertz CT molecular complexity index is 1930. The van der Waals surface area contributed by atoms with Crippen LogP contribution in [0.25, 0.3) is 33.1 Å². The number of allylic oxidation sites excluding steroid dienone is 3. The number of dihydropyridines is 1. The number of anilines is 1. The fraction of sp³-hybridized carbons (Fsp3) is 0.111. The van der Waals surface area contributed by atoms with E-state index in [4.69, 9.17) is 4.99 Å². The highest BCUT2D eigenvalue weighted by Crippen LogP contribution is 2.46. The van der Waals surface area contributed by atoms with E-state index in [1.54, 1.807) is 0 Å². The van der Waals surface area contributed by atoms with Crippen LogP contribution >= 0.6 is 0 Å². The molecule has 0 spiro atoms. The first kappa shape index (κ1) is 22.8. The van der Waals surface area contributed by atoms with Gasteiger partial charge < -0.3 is 9.47 Å². The van der Waals surface area contributed by atoms with Gasteiger partial charge >= 0.3 is 0 Å². The van der Waals surface area contributed by atoms with E-state index in [1.165, 1.54) is 22.0 Å². The van der Waals surface area contributed by atoms with Gasteiger partial charge in [-0.3, -0.25) is 4.99 Å².